The molecule has 9 heteroatoms. The highest BCUT2D eigenvalue weighted by atomic mass is 19.4. The monoisotopic (exact) mass is 285 g/mol. The van der Waals surface area contributed by atoms with Gasteiger partial charge in [0.15, 0.2) is 5.92 Å². The van der Waals surface area contributed by atoms with Gasteiger partial charge in [-0.2, -0.15) is 13.2 Å². The van der Waals surface area contributed by atoms with Crippen LogP contribution in [0.1, 0.15) is 13.3 Å². The van der Waals surface area contributed by atoms with Gasteiger partial charge in [0.25, 0.3) is 0 Å². The summed E-state index contributed by atoms with van der Waals surface area (Å²) in [6.45, 7) is 1.40. The number of rotatable bonds is 5. The second kappa shape index (κ2) is 6.95. The molecule has 0 aromatic carbocycles. The summed E-state index contributed by atoms with van der Waals surface area (Å²) in [5.74, 6) is -6.05. The fourth-order valence-corrected chi connectivity index (χ4v) is 1.35. The summed E-state index contributed by atoms with van der Waals surface area (Å²) < 4.78 is 45.0. The first-order chi connectivity index (χ1) is 8.68. The first-order valence-corrected chi connectivity index (χ1v) is 5.22. The summed E-state index contributed by atoms with van der Waals surface area (Å²) >= 11 is 0. The van der Waals surface area contributed by atoms with Crippen molar-refractivity contribution in [3.63, 3.8) is 0 Å². The van der Waals surface area contributed by atoms with Gasteiger partial charge >= 0.3 is 24.0 Å². The third kappa shape index (κ3) is 4.76. The van der Waals surface area contributed by atoms with Gasteiger partial charge in [-0.05, 0) is 6.42 Å². The number of methoxy groups -OCH3 is 2. The zero-order valence-electron chi connectivity index (χ0n) is 10.5. The molecule has 6 nitrogen and oxygen atoms in total. The summed E-state index contributed by atoms with van der Waals surface area (Å²) in [7, 11) is 1.94. The molecule has 19 heavy (non-hydrogen) atoms. The quantitative estimate of drug-likeness (QED) is 0.584. The number of amides is 1. The van der Waals surface area contributed by atoms with E-state index in [9.17, 15) is 27.6 Å². The Morgan fingerprint density at radius 3 is 1.79 bits per heavy atom. The zero-order valence-corrected chi connectivity index (χ0v) is 10.5. The van der Waals surface area contributed by atoms with Gasteiger partial charge in [-0.1, -0.05) is 6.92 Å². The van der Waals surface area contributed by atoms with E-state index >= 15 is 0 Å². The second-order valence-corrected chi connectivity index (χ2v) is 3.51. The van der Waals surface area contributed by atoms with Crippen LogP contribution in [-0.4, -0.2) is 44.3 Å². The van der Waals surface area contributed by atoms with E-state index in [1.807, 2.05) is 0 Å². The van der Waals surface area contributed by atoms with Crippen molar-refractivity contribution >= 4 is 17.8 Å². The van der Waals surface area contributed by atoms with E-state index in [1.54, 1.807) is 5.32 Å². The van der Waals surface area contributed by atoms with Gasteiger partial charge in [-0.25, -0.2) is 0 Å². The third-order valence-corrected chi connectivity index (χ3v) is 2.33. The van der Waals surface area contributed by atoms with Gasteiger partial charge < -0.3 is 14.8 Å². The molecular weight excluding hydrogens is 271 g/mol. The molecule has 0 aliphatic rings. The van der Waals surface area contributed by atoms with E-state index in [-0.39, 0.29) is 6.42 Å². The molecule has 110 valence electrons. The van der Waals surface area contributed by atoms with Crippen molar-refractivity contribution in [2.75, 3.05) is 14.2 Å². The van der Waals surface area contributed by atoms with Crippen LogP contribution in [0.4, 0.5) is 13.2 Å². The van der Waals surface area contributed by atoms with Crippen LogP contribution in [0.3, 0.4) is 0 Å². The normalized spacial score (nSPS) is 12.8. The highest BCUT2D eigenvalue weighted by Crippen LogP contribution is 2.18. The Labute approximate surface area is 107 Å². The number of halogens is 3. The molecule has 1 N–H and O–H groups in total. The highest BCUT2D eigenvalue weighted by Gasteiger charge is 2.43. The molecular formula is C10H14F3NO5. The molecule has 0 saturated carbocycles. The molecule has 0 saturated heterocycles. The lowest BCUT2D eigenvalue weighted by molar-refractivity contribution is -0.176. The maximum absolute atomic E-state index is 12.1. The average Bonchev–Trinajstić information content (AvgIpc) is 2.35. The van der Waals surface area contributed by atoms with Gasteiger partial charge in [0, 0.05) is 0 Å². The summed E-state index contributed by atoms with van der Waals surface area (Å²) in [5, 5.41) is 1.57. The summed E-state index contributed by atoms with van der Waals surface area (Å²) in [5.41, 5.74) is 0. The smallest absolute Gasteiger partial charge is 0.468 e. The fourth-order valence-electron chi connectivity index (χ4n) is 1.35. The molecule has 1 unspecified atom stereocenters. The number of nitrogens with one attached hydrogen (secondary N) is 1. The number of esters is 2. The highest BCUT2D eigenvalue weighted by molar-refractivity contribution is 5.96. The SMILES string of the molecule is CCC(NC(=O)C(F)(F)F)C(C(=O)OC)C(=O)OC. The van der Waals surface area contributed by atoms with E-state index in [0.29, 0.717) is 0 Å². The number of ether oxygens (including phenoxy) is 2. The molecule has 0 aliphatic carbocycles. The predicted octanol–water partition coefficient (Wildman–Crippen LogP) is 0.406. The molecule has 0 rings (SSSR count). The maximum atomic E-state index is 12.1. The molecule has 0 spiro atoms. The van der Waals surface area contributed by atoms with E-state index in [0.717, 1.165) is 14.2 Å². The Balaban J connectivity index is 5.10. The van der Waals surface area contributed by atoms with Crippen LogP contribution in [0.25, 0.3) is 0 Å². The van der Waals surface area contributed by atoms with Crippen molar-refractivity contribution in [3.05, 3.63) is 0 Å². The maximum Gasteiger partial charge on any atom is 0.471 e. The Morgan fingerprint density at radius 1 is 1.11 bits per heavy atom. The summed E-state index contributed by atoms with van der Waals surface area (Å²) in [6, 6.07) is -1.37. The number of hydrogen-bond donors (Lipinski definition) is 1. The summed E-state index contributed by atoms with van der Waals surface area (Å²) in [4.78, 5) is 33.6. The van der Waals surface area contributed by atoms with Gasteiger partial charge in [0.2, 0.25) is 0 Å². The minimum absolute atomic E-state index is 0.0866. The van der Waals surface area contributed by atoms with Crippen molar-refractivity contribution in [1.82, 2.24) is 5.32 Å². The van der Waals surface area contributed by atoms with Crippen LogP contribution in [-0.2, 0) is 23.9 Å². The largest absolute Gasteiger partial charge is 0.471 e. The second-order valence-electron chi connectivity index (χ2n) is 3.51. The van der Waals surface area contributed by atoms with Crippen LogP contribution in [0.15, 0.2) is 0 Å². The lowest BCUT2D eigenvalue weighted by Crippen LogP contribution is -2.50. The Bertz CT molecular complexity index is 340. The molecule has 1 atom stereocenters. The minimum atomic E-state index is -5.11. The van der Waals surface area contributed by atoms with Crippen LogP contribution in [0.5, 0.6) is 0 Å². The molecule has 0 aromatic rings. The van der Waals surface area contributed by atoms with Crippen molar-refractivity contribution in [3.8, 4) is 0 Å². The number of carbonyl (C=O) groups is 3. The summed E-state index contributed by atoms with van der Waals surface area (Å²) in [6.07, 6.45) is -5.19. The third-order valence-electron chi connectivity index (χ3n) is 2.33. The van der Waals surface area contributed by atoms with Gasteiger partial charge in [0.1, 0.15) is 0 Å². The first kappa shape index (κ1) is 17.2. The zero-order chi connectivity index (χ0) is 15.2. The standard InChI is InChI=1S/C10H14F3NO5/c1-4-5(14-9(17)10(11,12)13)6(7(15)18-2)8(16)19-3/h5-6H,4H2,1-3H3,(H,14,17). The predicted molar refractivity (Wildman–Crippen MR) is 55.8 cm³/mol. The molecule has 0 heterocycles. The van der Waals surface area contributed by atoms with Crippen molar-refractivity contribution < 1.29 is 37.0 Å². The number of alkyl halides is 3. The minimum Gasteiger partial charge on any atom is -0.468 e. The van der Waals surface area contributed by atoms with E-state index < -0.39 is 36.0 Å². The number of carbonyl (C=O) groups excluding carboxylic acids is 3. The van der Waals surface area contributed by atoms with Crippen LogP contribution in [0.2, 0.25) is 0 Å². The fraction of sp³-hybridized carbons (Fsp3) is 0.700. The Kier molecular flexibility index (Phi) is 6.30. The first-order valence-electron chi connectivity index (χ1n) is 5.22. The molecule has 0 aliphatic heterocycles. The van der Waals surface area contributed by atoms with E-state index in [1.165, 1.54) is 6.92 Å². The topological polar surface area (TPSA) is 81.7 Å². The molecule has 0 bridgehead atoms. The Hall–Kier alpha value is -1.80. The van der Waals surface area contributed by atoms with Crippen molar-refractivity contribution in [2.45, 2.75) is 25.6 Å². The molecule has 0 fully saturated rings. The molecule has 1 amide bonds. The van der Waals surface area contributed by atoms with Crippen molar-refractivity contribution in [2.24, 2.45) is 5.92 Å². The van der Waals surface area contributed by atoms with Crippen LogP contribution >= 0.6 is 0 Å². The lowest BCUT2D eigenvalue weighted by atomic mass is 9.97. The Morgan fingerprint density at radius 2 is 1.53 bits per heavy atom. The molecule has 0 aromatic heterocycles. The van der Waals surface area contributed by atoms with Gasteiger partial charge in [-0.3, -0.25) is 14.4 Å². The van der Waals surface area contributed by atoms with Gasteiger partial charge in [-0.15, -0.1) is 0 Å². The van der Waals surface area contributed by atoms with E-state index in [2.05, 4.69) is 9.47 Å². The van der Waals surface area contributed by atoms with Gasteiger partial charge in [0.05, 0.1) is 20.3 Å². The van der Waals surface area contributed by atoms with Crippen LogP contribution in [0, 0.1) is 5.92 Å². The van der Waals surface area contributed by atoms with Crippen LogP contribution < -0.4 is 5.32 Å². The lowest BCUT2D eigenvalue weighted by Gasteiger charge is -2.23. The number of hydrogen-bond acceptors (Lipinski definition) is 5. The molecule has 0 radical (unpaired) electrons. The average molecular weight is 285 g/mol. The van der Waals surface area contributed by atoms with Crippen molar-refractivity contribution in [1.29, 1.82) is 0 Å². The van der Waals surface area contributed by atoms with E-state index in [4.69, 9.17) is 0 Å².